The summed E-state index contributed by atoms with van der Waals surface area (Å²) in [5, 5.41) is 11.0. The molecule has 3 aromatic rings. The molecule has 1 aliphatic heterocycles. The molecule has 0 saturated carbocycles. The lowest BCUT2D eigenvalue weighted by molar-refractivity contribution is 0.0738. The Morgan fingerprint density at radius 3 is 2.81 bits per heavy atom. The molecule has 0 aliphatic carbocycles. The van der Waals surface area contributed by atoms with Crippen molar-refractivity contribution >= 4 is 10.9 Å². The fourth-order valence-corrected chi connectivity index (χ4v) is 4.93. The molecule has 2 heterocycles. The number of hydrogen-bond acceptors (Lipinski definition) is 5. The summed E-state index contributed by atoms with van der Waals surface area (Å²) in [6.45, 7) is 1.77. The van der Waals surface area contributed by atoms with Crippen LogP contribution in [0.5, 0.6) is 5.75 Å². The molecule has 3 atom stereocenters. The SMILES string of the molecule is COc1ccc2nccc([C@@H](N)CC[C@@H]3CCN(CC#Cc4cc(F)cc(F)c4F)C[C@@H]3CO)c2c1. The zero-order chi connectivity index (χ0) is 25.7. The smallest absolute Gasteiger partial charge is 0.174 e. The number of piperidine rings is 1. The van der Waals surface area contributed by atoms with E-state index >= 15 is 0 Å². The van der Waals surface area contributed by atoms with Gasteiger partial charge in [0.25, 0.3) is 0 Å². The predicted octanol–water partition coefficient (Wildman–Crippen LogP) is 4.42. The van der Waals surface area contributed by atoms with Gasteiger partial charge in [0.2, 0.25) is 0 Å². The standard InChI is InChI=1S/C28H30F3N3O2/c1-36-22-5-7-27-24(15-22)23(8-10-33-27)26(32)6-4-18-9-12-34(16-20(18)17-35)11-2-3-19-13-21(29)14-25(30)28(19)31/h5,7-8,10,13-15,18,20,26,35H,4,6,9,11-12,16-17,32H2,1H3/t18-,20-,26+/m1/s1. The number of halogens is 3. The van der Waals surface area contributed by atoms with Crippen LogP contribution in [-0.2, 0) is 0 Å². The maximum Gasteiger partial charge on any atom is 0.174 e. The highest BCUT2D eigenvalue weighted by Crippen LogP contribution is 2.32. The first kappa shape index (κ1) is 26.0. The number of nitrogens with two attached hydrogens (primary N) is 1. The van der Waals surface area contributed by atoms with Crippen molar-refractivity contribution in [3.05, 3.63) is 71.2 Å². The Labute approximate surface area is 209 Å². The van der Waals surface area contributed by atoms with E-state index in [0.717, 1.165) is 54.1 Å². The summed E-state index contributed by atoms with van der Waals surface area (Å²) in [6, 6.07) is 8.91. The van der Waals surface area contributed by atoms with Crippen LogP contribution in [0.1, 0.15) is 36.4 Å². The van der Waals surface area contributed by atoms with E-state index in [2.05, 4.69) is 21.7 Å². The Bertz CT molecular complexity index is 1270. The number of methoxy groups -OCH3 is 1. The Morgan fingerprint density at radius 2 is 2.03 bits per heavy atom. The van der Waals surface area contributed by atoms with Crippen LogP contribution in [0.25, 0.3) is 10.9 Å². The highest BCUT2D eigenvalue weighted by Gasteiger charge is 2.29. The number of aromatic nitrogens is 1. The third-order valence-corrected chi connectivity index (χ3v) is 6.96. The van der Waals surface area contributed by atoms with Crippen LogP contribution in [0.15, 0.2) is 42.6 Å². The molecule has 5 nitrogen and oxygen atoms in total. The number of hydrogen-bond donors (Lipinski definition) is 2. The van der Waals surface area contributed by atoms with Gasteiger partial charge in [0.15, 0.2) is 11.6 Å². The monoisotopic (exact) mass is 497 g/mol. The van der Waals surface area contributed by atoms with Gasteiger partial charge in [0.05, 0.1) is 24.7 Å². The van der Waals surface area contributed by atoms with Crippen LogP contribution in [0, 0.1) is 41.1 Å². The number of aliphatic hydroxyl groups is 1. The molecular weight excluding hydrogens is 467 g/mol. The Balaban J connectivity index is 1.35. The van der Waals surface area contributed by atoms with Crippen LogP contribution in [0.2, 0.25) is 0 Å². The fourth-order valence-electron chi connectivity index (χ4n) is 4.93. The Hall–Kier alpha value is -3.12. The van der Waals surface area contributed by atoms with Crippen molar-refractivity contribution in [2.75, 3.05) is 33.4 Å². The number of likely N-dealkylation sites (tertiary alicyclic amines) is 1. The molecule has 1 saturated heterocycles. The number of benzene rings is 2. The summed E-state index contributed by atoms with van der Waals surface area (Å²) in [6.07, 6.45) is 4.27. The van der Waals surface area contributed by atoms with Crippen molar-refractivity contribution in [2.45, 2.75) is 25.3 Å². The van der Waals surface area contributed by atoms with Gasteiger partial charge in [-0.2, -0.15) is 0 Å². The van der Waals surface area contributed by atoms with Gasteiger partial charge in [-0.15, -0.1) is 0 Å². The molecule has 4 rings (SSSR count). The molecule has 0 unspecified atom stereocenters. The summed E-state index contributed by atoms with van der Waals surface area (Å²) in [5.74, 6) is 3.20. The van der Waals surface area contributed by atoms with Crippen LogP contribution in [-0.4, -0.2) is 48.3 Å². The summed E-state index contributed by atoms with van der Waals surface area (Å²) in [5.41, 5.74) is 8.19. The highest BCUT2D eigenvalue weighted by atomic mass is 19.2. The Kier molecular flexibility index (Phi) is 8.47. The van der Waals surface area contributed by atoms with Gasteiger partial charge >= 0.3 is 0 Å². The van der Waals surface area contributed by atoms with Crippen molar-refractivity contribution in [1.29, 1.82) is 0 Å². The van der Waals surface area contributed by atoms with E-state index < -0.39 is 17.5 Å². The van der Waals surface area contributed by atoms with Crippen molar-refractivity contribution in [2.24, 2.45) is 17.6 Å². The van der Waals surface area contributed by atoms with Crippen molar-refractivity contribution in [3.8, 4) is 17.6 Å². The van der Waals surface area contributed by atoms with Crippen LogP contribution in [0.3, 0.4) is 0 Å². The topological polar surface area (TPSA) is 71.6 Å². The predicted molar refractivity (Wildman–Crippen MR) is 133 cm³/mol. The average Bonchev–Trinajstić information content (AvgIpc) is 2.89. The largest absolute Gasteiger partial charge is 0.497 e. The van der Waals surface area contributed by atoms with E-state index in [-0.39, 0.29) is 24.1 Å². The summed E-state index contributed by atoms with van der Waals surface area (Å²) < 4.78 is 45.9. The summed E-state index contributed by atoms with van der Waals surface area (Å²) in [7, 11) is 1.63. The second-order valence-electron chi connectivity index (χ2n) is 9.24. The molecule has 1 aliphatic rings. The van der Waals surface area contributed by atoms with Gasteiger partial charge in [0, 0.05) is 36.8 Å². The second kappa shape index (κ2) is 11.7. The molecule has 1 aromatic heterocycles. The van der Waals surface area contributed by atoms with Gasteiger partial charge in [-0.25, -0.2) is 13.2 Å². The zero-order valence-corrected chi connectivity index (χ0v) is 20.2. The second-order valence-corrected chi connectivity index (χ2v) is 9.24. The molecule has 8 heteroatoms. The lowest BCUT2D eigenvalue weighted by Gasteiger charge is -2.37. The van der Waals surface area contributed by atoms with Crippen LogP contribution < -0.4 is 10.5 Å². The number of nitrogens with zero attached hydrogens (tertiary/aromatic N) is 2. The first-order valence-corrected chi connectivity index (χ1v) is 12.0. The maximum atomic E-state index is 13.8. The number of fused-ring (bicyclic) bond motifs is 1. The maximum absolute atomic E-state index is 13.8. The number of aliphatic hydroxyl groups excluding tert-OH is 1. The van der Waals surface area contributed by atoms with Crippen molar-refractivity contribution < 1.29 is 23.0 Å². The molecule has 0 spiro atoms. The third-order valence-electron chi connectivity index (χ3n) is 6.96. The molecule has 0 radical (unpaired) electrons. The third kappa shape index (κ3) is 5.98. The molecule has 36 heavy (non-hydrogen) atoms. The van der Waals surface area contributed by atoms with E-state index in [1.165, 1.54) is 0 Å². The number of pyridine rings is 1. The van der Waals surface area contributed by atoms with Crippen LogP contribution >= 0.6 is 0 Å². The zero-order valence-electron chi connectivity index (χ0n) is 20.2. The molecule has 0 bridgehead atoms. The molecule has 190 valence electrons. The minimum atomic E-state index is -1.25. The normalized spacial score (nSPS) is 19.1. The first-order chi connectivity index (χ1) is 17.4. The molecular formula is C28H30F3N3O2. The minimum Gasteiger partial charge on any atom is -0.497 e. The number of ether oxygens (including phenoxy) is 1. The lowest BCUT2D eigenvalue weighted by Crippen LogP contribution is -2.42. The van der Waals surface area contributed by atoms with Gasteiger partial charge in [-0.05, 0) is 73.5 Å². The first-order valence-electron chi connectivity index (χ1n) is 12.0. The highest BCUT2D eigenvalue weighted by molar-refractivity contribution is 5.83. The summed E-state index contributed by atoms with van der Waals surface area (Å²) in [4.78, 5) is 6.49. The quantitative estimate of drug-likeness (QED) is 0.374. The van der Waals surface area contributed by atoms with Crippen molar-refractivity contribution in [1.82, 2.24) is 9.88 Å². The van der Waals surface area contributed by atoms with Gasteiger partial charge in [-0.1, -0.05) is 11.8 Å². The molecule has 2 aromatic carbocycles. The van der Waals surface area contributed by atoms with E-state index in [9.17, 15) is 18.3 Å². The molecule has 3 N–H and O–H groups in total. The van der Waals surface area contributed by atoms with Crippen LogP contribution in [0.4, 0.5) is 13.2 Å². The average molecular weight is 498 g/mol. The fraction of sp³-hybridized carbons (Fsp3) is 0.393. The summed E-state index contributed by atoms with van der Waals surface area (Å²) >= 11 is 0. The van der Waals surface area contributed by atoms with Crippen molar-refractivity contribution in [3.63, 3.8) is 0 Å². The van der Waals surface area contributed by atoms with Gasteiger partial charge in [-0.3, -0.25) is 9.88 Å². The molecule has 1 fully saturated rings. The van der Waals surface area contributed by atoms with E-state index in [1.807, 2.05) is 24.3 Å². The van der Waals surface area contributed by atoms with E-state index in [1.54, 1.807) is 13.3 Å². The van der Waals surface area contributed by atoms with E-state index in [4.69, 9.17) is 10.5 Å². The lowest BCUT2D eigenvalue weighted by atomic mass is 9.81. The van der Waals surface area contributed by atoms with E-state index in [0.29, 0.717) is 25.1 Å². The van der Waals surface area contributed by atoms with Gasteiger partial charge < -0.3 is 15.6 Å². The minimum absolute atomic E-state index is 0.0446. The Morgan fingerprint density at radius 1 is 1.19 bits per heavy atom. The molecule has 0 amide bonds. The van der Waals surface area contributed by atoms with Gasteiger partial charge in [0.1, 0.15) is 11.6 Å². The number of rotatable bonds is 7.